The number of carbonyl (C=O) groups excluding carboxylic acids is 1. The summed E-state index contributed by atoms with van der Waals surface area (Å²) in [7, 11) is -3.99. The Morgan fingerprint density at radius 1 is 1.00 bits per heavy atom. The lowest BCUT2D eigenvalue weighted by molar-refractivity contribution is -0.394. The van der Waals surface area contributed by atoms with Crippen LogP contribution in [0, 0.1) is 27.2 Å². The first-order valence-electron chi connectivity index (χ1n) is 9.90. The number of hydrogen-bond donors (Lipinski definition) is 1. The number of aryl methyl sites for hydroxylation is 1. The Kier molecular flexibility index (Phi) is 7.51. The number of non-ortho nitro benzene ring substituents is 1. The molecule has 35 heavy (non-hydrogen) atoms. The highest BCUT2D eigenvalue weighted by molar-refractivity contribution is 7.87. The maximum absolute atomic E-state index is 12.3. The summed E-state index contributed by atoms with van der Waals surface area (Å²) < 4.78 is 29.8. The number of benzene rings is 3. The maximum Gasteiger partial charge on any atom is 0.339 e. The molecule has 0 aliphatic heterocycles. The maximum atomic E-state index is 12.3. The van der Waals surface area contributed by atoms with Crippen molar-refractivity contribution >= 4 is 33.6 Å². The fraction of sp³-hybridized carbons (Fsp3) is 0.0909. The van der Waals surface area contributed by atoms with Crippen LogP contribution in [0.25, 0.3) is 0 Å². The van der Waals surface area contributed by atoms with Crippen LogP contribution in [0.1, 0.15) is 16.7 Å². The zero-order valence-electron chi connectivity index (χ0n) is 18.2. The molecule has 0 fully saturated rings. The largest absolute Gasteiger partial charge is 0.379 e. The van der Waals surface area contributed by atoms with Crippen LogP contribution >= 0.6 is 0 Å². The molecule has 0 radical (unpaired) electrons. The van der Waals surface area contributed by atoms with Gasteiger partial charge in [0.25, 0.3) is 11.4 Å². The molecule has 0 saturated carbocycles. The van der Waals surface area contributed by atoms with E-state index in [0.717, 1.165) is 23.8 Å². The molecule has 12 nitrogen and oxygen atoms in total. The normalized spacial score (nSPS) is 11.2. The molecule has 180 valence electrons. The van der Waals surface area contributed by atoms with Crippen molar-refractivity contribution in [3.63, 3.8) is 0 Å². The van der Waals surface area contributed by atoms with E-state index in [1.165, 1.54) is 42.6 Å². The minimum Gasteiger partial charge on any atom is -0.379 e. The Morgan fingerprint density at radius 3 is 2.26 bits per heavy atom. The molecule has 0 aromatic heterocycles. The smallest absolute Gasteiger partial charge is 0.339 e. The van der Waals surface area contributed by atoms with Crippen LogP contribution in [0.2, 0.25) is 0 Å². The zero-order valence-corrected chi connectivity index (χ0v) is 19.0. The first-order chi connectivity index (χ1) is 16.5. The summed E-state index contributed by atoms with van der Waals surface area (Å²) in [6.07, 6.45) is 0.857. The van der Waals surface area contributed by atoms with E-state index in [4.69, 9.17) is 4.18 Å². The molecular formula is C22H18N4O8S. The van der Waals surface area contributed by atoms with E-state index in [1.807, 2.05) is 6.92 Å². The quantitative estimate of drug-likeness (QED) is 0.203. The highest BCUT2D eigenvalue weighted by atomic mass is 32.2. The molecule has 0 unspecified atom stereocenters. The average molecular weight is 498 g/mol. The van der Waals surface area contributed by atoms with Crippen LogP contribution in [0.15, 0.2) is 76.7 Å². The van der Waals surface area contributed by atoms with Crippen molar-refractivity contribution in [2.75, 3.05) is 0 Å². The van der Waals surface area contributed by atoms with Gasteiger partial charge in [-0.3, -0.25) is 25.0 Å². The summed E-state index contributed by atoms with van der Waals surface area (Å²) in [4.78, 5) is 32.5. The van der Waals surface area contributed by atoms with E-state index >= 15 is 0 Å². The van der Waals surface area contributed by atoms with Crippen molar-refractivity contribution in [1.29, 1.82) is 0 Å². The topological polar surface area (TPSA) is 171 Å². The van der Waals surface area contributed by atoms with Crippen LogP contribution in [0.3, 0.4) is 0 Å². The minimum absolute atomic E-state index is 0.00964. The van der Waals surface area contributed by atoms with Gasteiger partial charge in [0.1, 0.15) is 10.6 Å². The molecule has 0 saturated heterocycles. The number of rotatable bonds is 9. The van der Waals surface area contributed by atoms with Crippen molar-refractivity contribution in [3.05, 3.63) is 104 Å². The molecule has 3 rings (SSSR count). The van der Waals surface area contributed by atoms with E-state index in [1.54, 1.807) is 12.1 Å². The zero-order chi connectivity index (χ0) is 25.6. The van der Waals surface area contributed by atoms with Crippen LogP contribution in [0.4, 0.5) is 11.4 Å². The fourth-order valence-electron chi connectivity index (χ4n) is 2.87. The molecule has 3 aromatic carbocycles. The van der Waals surface area contributed by atoms with Gasteiger partial charge in [-0.05, 0) is 55.0 Å². The van der Waals surface area contributed by atoms with Crippen molar-refractivity contribution in [2.45, 2.75) is 18.2 Å². The van der Waals surface area contributed by atoms with Gasteiger partial charge in [0.05, 0.1) is 28.5 Å². The van der Waals surface area contributed by atoms with Gasteiger partial charge in [-0.2, -0.15) is 13.5 Å². The second-order valence-corrected chi connectivity index (χ2v) is 8.76. The molecule has 0 spiro atoms. The number of nitrogens with zero attached hydrogens (tertiary/aromatic N) is 3. The Hall–Kier alpha value is -4.65. The standard InChI is InChI=1S/C22H18N4O8S/c1-15-2-10-20(11-3-15)35(32,33)34-19-8-4-16(5-9-19)14-23-24-22(27)12-17-6-7-18(25(28)29)13-21(17)26(30)31/h2-11,13-14H,12H2,1H3,(H,24,27)/b23-14-. The number of carbonyl (C=O) groups is 1. The number of hydrazone groups is 1. The van der Waals surface area contributed by atoms with Gasteiger partial charge < -0.3 is 4.18 Å². The lowest BCUT2D eigenvalue weighted by Crippen LogP contribution is -2.20. The number of nitrogens with one attached hydrogen (secondary N) is 1. The Labute approximate surface area is 199 Å². The van der Waals surface area contributed by atoms with E-state index < -0.39 is 43.7 Å². The van der Waals surface area contributed by atoms with Crippen LogP contribution in [0.5, 0.6) is 5.75 Å². The summed E-state index contributed by atoms with van der Waals surface area (Å²) >= 11 is 0. The molecule has 0 bridgehead atoms. The minimum atomic E-state index is -3.99. The van der Waals surface area contributed by atoms with E-state index in [-0.39, 0.29) is 16.2 Å². The molecule has 0 atom stereocenters. The van der Waals surface area contributed by atoms with Gasteiger partial charge in [-0.1, -0.05) is 17.7 Å². The lowest BCUT2D eigenvalue weighted by Gasteiger charge is -2.07. The van der Waals surface area contributed by atoms with Crippen molar-refractivity contribution in [2.24, 2.45) is 5.10 Å². The fourth-order valence-corrected chi connectivity index (χ4v) is 3.80. The summed E-state index contributed by atoms with van der Waals surface area (Å²) in [5.41, 5.74) is 2.61. The second kappa shape index (κ2) is 10.5. The molecule has 3 aromatic rings. The Morgan fingerprint density at radius 2 is 1.66 bits per heavy atom. The highest BCUT2D eigenvalue weighted by Crippen LogP contribution is 2.25. The van der Waals surface area contributed by atoms with Gasteiger partial charge in [0.15, 0.2) is 0 Å². The third-order valence-electron chi connectivity index (χ3n) is 4.63. The van der Waals surface area contributed by atoms with E-state index in [0.29, 0.717) is 5.56 Å². The molecule has 0 aliphatic carbocycles. The summed E-state index contributed by atoms with van der Waals surface area (Å²) in [5.74, 6) is -0.598. The second-order valence-electron chi connectivity index (χ2n) is 7.22. The van der Waals surface area contributed by atoms with E-state index in [2.05, 4.69) is 10.5 Å². The molecular weight excluding hydrogens is 480 g/mol. The van der Waals surface area contributed by atoms with Crippen LogP contribution in [-0.2, 0) is 21.3 Å². The molecule has 0 aliphatic rings. The van der Waals surface area contributed by atoms with Gasteiger partial charge in [0, 0.05) is 11.6 Å². The summed E-state index contributed by atoms with van der Waals surface area (Å²) in [6, 6.07) is 15.0. The van der Waals surface area contributed by atoms with Crippen molar-refractivity contribution in [1.82, 2.24) is 5.43 Å². The molecule has 1 amide bonds. The number of hydrogen-bond acceptors (Lipinski definition) is 9. The third kappa shape index (κ3) is 6.68. The lowest BCUT2D eigenvalue weighted by atomic mass is 10.1. The van der Waals surface area contributed by atoms with Gasteiger partial charge in [0.2, 0.25) is 5.91 Å². The monoisotopic (exact) mass is 498 g/mol. The Bertz CT molecular complexity index is 1400. The van der Waals surface area contributed by atoms with Crippen molar-refractivity contribution in [3.8, 4) is 5.75 Å². The van der Waals surface area contributed by atoms with E-state index in [9.17, 15) is 33.4 Å². The summed E-state index contributed by atoms with van der Waals surface area (Å²) in [6.45, 7) is 1.83. The average Bonchev–Trinajstić information content (AvgIpc) is 2.80. The molecule has 0 heterocycles. The molecule has 1 N–H and O–H groups in total. The van der Waals surface area contributed by atoms with Crippen LogP contribution < -0.4 is 9.61 Å². The predicted molar refractivity (Wildman–Crippen MR) is 125 cm³/mol. The molecule has 13 heteroatoms. The SMILES string of the molecule is Cc1ccc(S(=O)(=O)Oc2ccc(/C=N\NC(=O)Cc3ccc([N+](=O)[O-])cc3[N+](=O)[O-])cc2)cc1. The highest BCUT2D eigenvalue weighted by Gasteiger charge is 2.21. The van der Waals surface area contributed by atoms with Crippen molar-refractivity contribution < 1.29 is 27.2 Å². The number of nitro benzene ring substituents is 2. The van der Waals surface area contributed by atoms with Gasteiger partial charge in [-0.25, -0.2) is 5.43 Å². The first-order valence-corrected chi connectivity index (χ1v) is 11.3. The number of amides is 1. The number of nitro groups is 2. The third-order valence-corrected chi connectivity index (χ3v) is 5.89. The summed E-state index contributed by atoms with van der Waals surface area (Å²) in [5, 5.41) is 25.7. The van der Waals surface area contributed by atoms with Crippen LogP contribution in [-0.4, -0.2) is 30.4 Å². The first kappa shape index (κ1) is 25.0. The predicted octanol–water partition coefficient (Wildman–Crippen LogP) is 3.27. The van der Waals surface area contributed by atoms with Gasteiger partial charge >= 0.3 is 10.1 Å². The van der Waals surface area contributed by atoms with Gasteiger partial charge in [-0.15, -0.1) is 0 Å². The Balaban J connectivity index is 1.60.